The van der Waals surface area contributed by atoms with Crippen molar-refractivity contribution in [2.45, 2.75) is 78.6 Å². The summed E-state index contributed by atoms with van der Waals surface area (Å²) in [5.41, 5.74) is 4.78. The van der Waals surface area contributed by atoms with Gasteiger partial charge in [0.25, 0.3) is 5.91 Å². The van der Waals surface area contributed by atoms with Gasteiger partial charge in [-0.2, -0.15) is 0 Å². The lowest BCUT2D eigenvalue weighted by Crippen LogP contribution is -2.25. The van der Waals surface area contributed by atoms with Crippen molar-refractivity contribution < 1.29 is 4.79 Å². The predicted molar refractivity (Wildman–Crippen MR) is 135 cm³/mol. The Hall–Kier alpha value is -2.88. The van der Waals surface area contributed by atoms with Gasteiger partial charge in [0.1, 0.15) is 5.56 Å². The van der Waals surface area contributed by atoms with Gasteiger partial charge >= 0.3 is 0 Å². The Bertz CT molecular complexity index is 1210. The highest BCUT2D eigenvalue weighted by Crippen LogP contribution is 2.40. The Morgan fingerprint density at radius 1 is 1.00 bits per heavy atom. The van der Waals surface area contributed by atoms with Gasteiger partial charge in [-0.3, -0.25) is 9.59 Å². The zero-order valence-corrected chi connectivity index (χ0v) is 20.6. The first-order valence-corrected chi connectivity index (χ1v) is 11.4. The highest BCUT2D eigenvalue weighted by molar-refractivity contribution is 6.06. The smallest absolute Gasteiger partial charge is 0.261 e. The molecule has 0 aliphatic rings. The van der Waals surface area contributed by atoms with Gasteiger partial charge in [0.2, 0.25) is 5.43 Å². The maximum atomic E-state index is 13.3. The minimum absolute atomic E-state index is 0.0171. The van der Waals surface area contributed by atoms with E-state index in [-0.39, 0.29) is 27.7 Å². The summed E-state index contributed by atoms with van der Waals surface area (Å²) in [6.45, 7) is 17.5. The molecule has 3 aromatic rings. The van der Waals surface area contributed by atoms with Crippen LogP contribution in [-0.2, 0) is 10.8 Å². The number of hydrogen-bond acceptors (Lipinski definition) is 2. The number of pyridine rings is 1. The molecule has 0 fully saturated rings. The van der Waals surface area contributed by atoms with E-state index < -0.39 is 0 Å². The molecule has 1 unspecified atom stereocenters. The second-order valence-electron chi connectivity index (χ2n) is 10.8. The first-order valence-electron chi connectivity index (χ1n) is 11.4. The van der Waals surface area contributed by atoms with E-state index in [0.29, 0.717) is 11.3 Å². The van der Waals surface area contributed by atoms with Crippen LogP contribution in [0.1, 0.15) is 94.8 Å². The topological polar surface area (TPSA) is 62.0 Å². The van der Waals surface area contributed by atoms with Crippen LogP contribution in [0.4, 0.5) is 5.69 Å². The Morgan fingerprint density at radius 2 is 1.62 bits per heavy atom. The third-order valence-corrected chi connectivity index (χ3v) is 6.23. The van der Waals surface area contributed by atoms with Gasteiger partial charge in [0.15, 0.2) is 0 Å². The number of rotatable bonds is 4. The number of aromatic amines is 1. The van der Waals surface area contributed by atoms with Crippen molar-refractivity contribution in [1.82, 2.24) is 4.98 Å². The first kappa shape index (κ1) is 23.8. The van der Waals surface area contributed by atoms with E-state index in [2.05, 4.69) is 77.8 Å². The second-order valence-corrected chi connectivity index (χ2v) is 10.8. The number of para-hydroxylation sites is 1. The number of carbonyl (C=O) groups is 1. The second kappa shape index (κ2) is 8.57. The number of benzene rings is 2. The van der Waals surface area contributed by atoms with Gasteiger partial charge < -0.3 is 10.3 Å². The van der Waals surface area contributed by atoms with Gasteiger partial charge in [0, 0.05) is 22.8 Å². The van der Waals surface area contributed by atoms with Crippen molar-refractivity contribution in [3.8, 4) is 0 Å². The monoisotopic (exact) mass is 432 g/mol. The van der Waals surface area contributed by atoms with Crippen LogP contribution in [0, 0.1) is 0 Å². The molecule has 0 aliphatic heterocycles. The van der Waals surface area contributed by atoms with Gasteiger partial charge in [-0.15, -0.1) is 0 Å². The summed E-state index contributed by atoms with van der Waals surface area (Å²) < 4.78 is 0. The van der Waals surface area contributed by atoms with Crippen molar-refractivity contribution in [3.63, 3.8) is 0 Å². The number of hydrogen-bond donors (Lipinski definition) is 2. The third kappa shape index (κ3) is 4.64. The molecule has 1 amide bonds. The molecule has 170 valence electrons. The van der Waals surface area contributed by atoms with E-state index in [1.807, 2.05) is 12.1 Å². The molecule has 0 saturated carbocycles. The number of aromatic nitrogens is 1. The maximum Gasteiger partial charge on any atom is 0.261 e. The Balaban J connectivity index is 2.15. The molecular formula is C28H36N2O2. The number of carbonyl (C=O) groups excluding carboxylic acids is 1. The van der Waals surface area contributed by atoms with E-state index in [9.17, 15) is 9.59 Å². The predicted octanol–water partition coefficient (Wildman–Crippen LogP) is 6.89. The van der Waals surface area contributed by atoms with Crippen molar-refractivity contribution in [1.29, 1.82) is 0 Å². The summed E-state index contributed by atoms with van der Waals surface area (Å²) in [4.78, 5) is 29.3. The average molecular weight is 433 g/mol. The number of amides is 1. The summed E-state index contributed by atoms with van der Waals surface area (Å²) in [7, 11) is 0. The lowest BCUT2D eigenvalue weighted by atomic mass is 9.75. The molecule has 4 heteroatoms. The highest BCUT2D eigenvalue weighted by atomic mass is 16.2. The number of anilines is 1. The van der Waals surface area contributed by atoms with Crippen LogP contribution in [0.5, 0.6) is 0 Å². The molecule has 2 N–H and O–H groups in total. The zero-order valence-electron chi connectivity index (χ0n) is 20.6. The molecule has 0 saturated heterocycles. The molecule has 32 heavy (non-hydrogen) atoms. The summed E-state index contributed by atoms with van der Waals surface area (Å²) >= 11 is 0. The third-order valence-electron chi connectivity index (χ3n) is 6.23. The molecule has 3 rings (SSSR count). The fourth-order valence-electron chi connectivity index (χ4n) is 4.14. The first-order chi connectivity index (χ1) is 14.8. The van der Waals surface area contributed by atoms with Crippen LogP contribution in [-0.4, -0.2) is 10.9 Å². The molecule has 4 nitrogen and oxygen atoms in total. The Kier molecular flexibility index (Phi) is 6.37. The number of fused-ring (bicyclic) bond motifs is 1. The number of nitrogens with one attached hydrogen (secondary N) is 2. The fraction of sp³-hybridized carbons (Fsp3) is 0.429. The normalized spacial score (nSPS) is 13.2. The largest absolute Gasteiger partial charge is 0.360 e. The summed E-state index contributed by atoms with van der Waals surface area (Å²) in [6, 6.07) is 11.6. The Labute approximate surface area is 191 Å². The SMILES string of the molecule is CCC(C)c1cc(NC(=O)c2c[nH]c3ccccc3c2=O)c(C(C)(C)C)cc1C(C)(C)C. The van der Waals surface area contributed by atoms with Gasteiger partial charge in [0.05, 0.1) is 0 Å². The molecular weight excluding hydrogens is 396 g/mol. The fourth-order valence-corrected chi connectivity index (χ4v) is 4.14. The van der Waals surface area contributed by atoms with Crippen LogP contribution in [0.2, 0.25) is 0 Å². The molecule has 0 aliphatic carbocycles. The maximum absolute atomic E-state index is 13.3. The van der Waals surface area contributed by atoms with Gasteiger partial charge in [-0.05, 0) is 58.1 Å². The standard InChI is InChI=1S/C28H36N2O2/c1-9-17(2)19-14-24(22(28(6,7)8)15-21(19)27(3,4)5)30-26(32)20-16-29-23-13-11-10-12-18(23)25(20)31/h10-17H,9H2,1-8H3,(H,29,31)(H,30,32). The van der Waals surface area contributed by atoms with Crippen LogP contribution in [0.3, 0.4) is 0 Å². The van der Waals surface area contributed by atoms with Crippen molar-refractivity contribution in [2.75, 3.05) is 5.32 Å². The van der Waals surface area contributed by atoms with Crippen LogP contribution in [0.15, 0.2) is 47.4 Å². The van der Waals surface area contributed by atoms with Gasteiger partial charge in [-0.25, -0.2) is 0 Å². The van der Waals surface area contributed by atoms with Crippen molar-refractivity contribution in [2.24, 2.45) is 0 Å². The molecule has 2 aromatic carbocycles. The van der Waals surface area contributed by atoms with Crippen molar-refractivity contribution in [3.05, 3.63) is 75.1 Å². The lowest BCUT2D eigenvalue weighted by Gasteiger charge is -2.31. The summed E-state index contributed by atoms with van der Waals surface area (Å²) in [6.07, 6.45) is 2.52. The zero-order chi connectivity index (χ0) is 23.8. The summed E-state index contributed by atoms with van der Waals surface area (Å²) in [5, 5.41) is 3.59. The highest BCUT2D eigenvalue weighted by Gasteiger charge is 2.28. The molecule has 0 radical (unpaired) electrons. The van der Waals surface area contributed by atoms with E-state index in [4.69, 9.17) is 0 Å². The van der Waals surface area contributed by atoms with Gasteiger partial charge in [-0.1, -0.05) is 73.6 Å². The van der Waals surface area contributed by atoms with E-state index >= 15 is 0 Å². The number of H-pyrrole nitrogens is 1. The molecule has 0 spiro atoms. The molecule has 0 bridgehead atoms. The summed E-state index contributed by atoms with van der Waals surface area (Å²) in [5.74, 6) is -0.0286. The van der Waals surface area contributed by atoms with Crippen molar-refractivity contribution >= 4 is 22.5 Å². The lowest BCUT2D eigenvalue weighted by molar-refractivity contribution is 0.102. The van der Waals surface area contributed by atoms with Crippen LogP contribution >= 0.6 is 0 Å². The molecule has 1 atom stereocenters. The minimum Gasteiger partial charge on any atom is -0.360 e. The average Bonchev–Trinajstić information content (AvgIpc) is 2.71. The molecule has 1 aromatic heterocycles. The van der Waals surface area contributed by atoms with Crippen LogP contribution in [0.25, 0.3) is 10.9 Å². The van der Waals surface area contributed by atoms with E-state index in [1.165, 1.54) is 17.3 Å². The van der Waals surface area contributed by atoms with E-state index in [0.717, 1.165) is 23.2 Å². The van der Waals surface area contributed by atoms with Crippen LogP contribution < -0.4 is 10.7 Å². The minimum atomic E-state index is -0.388. The Morgan fingerprint density at radius 3 is 2.22 bits per heavy atom. The quantitative estimate of drug-likeness (QED) is 0.471. The molecule has 1 heterocycles. The van der Waals surface area contributed by atoms with E-state index in [1.54, 1.807) is 12.1 Å².